The van der Waals surface area contributed by atoms with E-state index in [1.54, 1.807) is 6.07 Å². The lowest BCUT2D eigenvalue weighted by Crippen LogP contribution is -2.39. The molecule has 0 spiro atoms. The molecule has 26 heavy (non-hydrogen) atoms. The summed E-state index contributed by atoms with van der Waals surface area (Å²) >= 11 is 0. The summed E-state index contributed by atoms with van der Waals surface area (Å²) in [5.74, 6) is 0.381. The lowest BCUT2D eigenvalue weighted by molar-refractivity contribution is -0.122. The number of benzene rings is 1. The maximum absolute atomic E-state index is 12.1. The average Bonchev–Trinajstić information content (AvgIpc) is 2.52. The van der Waals surface area contributed by atoms with Crippen LogP contribution in [0.2, 0.25) is 0 Å². The van der Waals surface area contributed by atoms with Gasteiger partial charge in [0.05, 0.1) is 6.54 Å². The van der Waals surface area contributed by atoms with Crippen LogP contribution in [0.3, 0.4) is 0 Å². The predicted molar refractivity (Wildman–Crippen MR) is 106 cm³/mol. The fraction of sp³-hybridized carbons (Fsp3) is 0.524. The van der Waals surface area contributed by atoms with Gasteiger partial charge in [0.1, 0.15) is 5.58 Å². The monoisotopic (exact) mass is 358 g/mol. The van der Waals surface area contributed by atoms with Crippen LogP contribution in [0.15, 0.2) is 27.4 Å². The molecule has 0 radical (unpaired) electrons. The molecule has 0 aliphatic carbocycles. The Hall–Kier alpha value is -2.14. The van der Waals surface area contributed by atoms with Gasteiger partial charge in [-0.1, -0.05) is 20.8 Å². The fourth-order valence-corrected chi connectivity index (χ4v) is 3.24. The fourth-order valence-electron chi connectivity index (χ4n) is 3.24. The number of nitrogens with zero attached hydrogens (tertiary/aromatic N) is 1. The molecule has 1 aromatic carbocycles. The van der Waals surface area contributed by atoms with Gasteiger partial charge in [0.2, 0.25) is 5.91 Å². The van der Waals surface area contributed by atoms with Crippen molar-refractivity contribution in [2.75, 3.05) is 13.1 Å². The van der Waals surface area contributed by atoms with Crippen LogP contribution in [0, 0.1) is 6.92 Å². The summed E-state index contributed by atoms with van der Waals surface area (Å²) in [5, 5.41) is 3.86. The molecule has 0 saturated heterocycles. The smallest absolute Gasteiger partial charge is 0.336 e. The number of nitrogens with one attached hydrogen (secondary N) is 1. The summed E-state index contributed by atoms with van der Waals surface area (Å²) in [6.45, 7) is 13.8. The Balaban J connectivity index is 2.39. The zero-order chi connectivity index (χ0) is 19.4. The van der Waals surface area contributed by atoms with Crippen LogP contribution in [0.5, 0.6) is 0 Å². The molecule has 0 atom stereocenters. The van der Waals surface area contributed by atoms with Crippen LogP contribution in [0.4, 0.5) is 0 Å². The van der Waals surface area contributed by atoms with Gasteiger partial charge in [0, 0.05) is 24.0 Å². The number of carbonyl (C=O) groups is 1. The number of hydrogen-bond donors (Lipinski definition) is 1. The number of rotatable bonds is 7. The average molecular weight is 358 g/mol. The number of amides is 1. The maximum atomic E-state index is 12.1. The Morgan fingerprint density at radius 2 is 1.88 bits per heavy atom. The largest absolute Gasteiger partial charge is 0.423 e. The highest BCUT2D eigenvalue weighted by molar-refractivity contribution is 5.82. The third kappa shape index (κ3) is 4.94. The minimum Gasteiger partial charge on any atom is -0.423 e. The zero-order valence-corrected chi connectivity index (χ0v) is 16.7. The van der Waals surface area contributed by atoms with E-state index in [1.807, 2.05) is 38.7 Å². The molecule has 0 aliphatic rings. The standard InChI is InChI=1S/C21H30N2O3/c1-7-23(12-20(24)22-14(4)5)11-16-9-21(25)26-19-8-15(6)17(13(2)3)10-18(16)19/h8-10,13-14H,7,11-12H2,1-6H3,(H,22,24). The van der Waals surface area contributed by atoms with E-state index in [1.165, 1.54) is 5.56 Å². The van der Waals surface area contributed by atoms with E-state index in [4.69, 9.17) is 4.42 Å². The van der Waals surface area contributed by atoms with E-state index in [0.717, 1.165) is 23.1 Å². The first-order valence-corrected chi connectivity index (χ1v) is 9.30. The summed E-state index contributed by atoms with van der Waals surface area (Å²) in [5.41, 5.74) is 3.52. The number of aryl methyl sites for hydroxylation is 1. The molecular formula is C21H30N2O3. The van der Waals surface area contributed by atoms with E-state index < -0.39 is 0 Å². The summed E-state index contributed by atoms with van der Waals surface area (Å²) in [6.07, 6.45) is 0. The van der Waals surface area contributed by atoms with Gasteiger partial charge in [-0.3, -0.25) is 9.69 Å². The van der Waals surface area contributed by atoms with Gasteiger partial charge in [-0.25, -0.2) is 4.79 Å². The Kier molecular flexibility index (Phi) is 6.59. The molecule has 1 N–H and O–H groups in total. The van der Waals surface area contributed by atoms with Gasteiger partial charge in [-0.15, -0.1) is 0 Å². The molecule has 0 bridgehead atoms. The minimum absolute atomic E-state index is 0.00663. The molecule has 0 fully saturated rings. The molecule has 1 amide bonds. The van der Waals surface area contributed by atoms with Crippen LogP contribution >= 0.6 is 0 Å². The van der Waals surface area contributed by atoms with Crippen molar-refractivity contribution >= 4 is 16.9 Å². The van der Waals surface area contributed by atoms with Crippen molar-refractivity contribution in [1.82, 2.24) is 10.2 Å². The van der Waals surface area contributed by atoms with Crippen molar-refractivity contribution < 1.29 is 9.21 Å². The highest BCUT2D eigenvalue weighted by Crippen LogP contribution is 2.27. The SMILES string of the molecule is CCN(CC(=O)NC(C)C)Cc1cc(=O)oc2cc(C)c(C(C)C)cc12. The van der Waals surface area contributed by atoms with Crippen LogP contribution in [0.25, 0.3) is 11.0 Å². The van der Waals surface area contributed by atoms with Crippen LogP contribution in [-0.2, 0) is 11.3 Å². The molecule has 2 aromatic rings. The normalized spacial score (nSPS) is 11.7. The molecule has 1 heterocycles. The van der Waals surface area contributed by atoms with Gasteiger partial charge < -0.3 is 9.73 Å². The third-order valence-corrected chi connectivity index (χ3v) is 4.50. The van der Waals surface area contributed by atoms with Gasteiger partial charge in [-0.05, 0) is 62.1 Å². The molecule has 142 valence electrons. The molecule has 0 unspecified atom stereocenters. The van der Waals surface area contributed by atoms with Crippen molar-refractivity contribution in [3.63, 3.8) is 0 Å². The van der Waals surface area contributed by atoms with E-state index >= 15 is 0 Å². The minimum atomic E-state index is -0.355. The number of carbonyl (C=O) groups excluding carboxylic acids is 1. The predicted octanol–water partition coefficient (Wildman–Crippen LogP) is 3.57. The van der Waals surface area contributed by atoms with Crippen molar-refractivity contribution in [2.24, 2.45) is 0 Å². The van der Waals surface area contributed by atoms with E-state index in [2.05, 4.69) is 25.2 Å². The van der Waals surface area contributed by atoms with Crippen molar-refractivity contribution in [1.29, 1.82) is 0 Å². The second kappa shape index (κ2) is 8.49. The van der Waals surface area contributed by atoms with Crippen molar-refractivity contribution in [3.05, 3.63) is 45.3 Å². The summed E-state index contributed by atoms with van der Waals surface area (Å²) in [6, 6.07) is 5.72. The lowest BCUT2D eigenvalue weighted by atomic mass is 9.95. The summed E-state index contributed by atoms with van der Waals surface area (Å²) in [7, 11) is 0. The lowest BCUT2D eigenvalue weighted by Gasteiger charge is -2.21. The zero-order valence-electron chi connectivity index (χ0n) is 16.7. The molecule has 1 aromatic heterocycles. The van der Waals surface area contributed by atoms with Gasteiger partial charge in [-0.2, -0.15) is 0 Å². The van der Waals surface area contributed by atoms with Gasteiger partial charge >= 0.3 is 5.63 Å². The number of likely N-dealkylation sites (N-methyl/N-ethyl adjacent to an activating group) is 1. The molecule has 2 rings (SSSR count). The van der Waals surface area contributed by atoms with Crippen LogP contribution in [-0.4, -0.2) is 29.9 Å². The molecule has 5 heteroatoms. The Bertz CT molecular complexity index is 837. The quantitative estimate of drug-likeness (QED) is 0.769. The number of hydrogen-bond acceptors (Lipinski definition) is 4. The van der Waals surface area contributed by atoms with Crippen LogP contribution < -0.4 is 10.9 Å². The van der Waals surface area contributed by atoms with E-state index in [0.29, 0.717) is 24.6 Å². The van der Waals surface area contributed by atoms with Gasteiger partial charge in [0.25, 0.3) is 0 Å². The third-order valence-electron chi connectivity index (χ3n) is 4.50. The van der Waals surface area contributed by atoms with Gasteiger partial charge in [0.15, 0.2) is 0 Å². The Morgan fingerprint density at radius 3 is 2.46 bits per heavy atom. The van der Waals surface area contributed by atoms with Crippen molar-refractivity contribution in [3.8, 4) is 0 Å². The first-order valence-electron chi connectivity index (χ1n) is 9.30. The molecule has 0 saturated carbocycles. The Morgan fingerprint density at radius 1 is 1.19 bits per heavy atom. The summed E-state index contributed by atoms with van der Waals surface area (Å²) in [4.78, 5) is 26.1. The van der Waals surface area contributed by atoms with E-state index in [9.17, 15) is 9.59 Å². The highest BCUT2D eigenvalue weighted by Gasteiger charge is 2.15. The molecular weight excluding hydrogens is 328 g/mol. The summed E-state index contributed by atoms with van der Waals surface area (Å²) < 4.78 is 5.41. The van der Waals surface area contributed by atoms with E-state index in [-0.39, 0.29) is 17.6 Å². The molecule has 5 nitrogen and oxygen atoms in total. The first-order chi connectivity index (χ1) is 12.2. The Labute approximate surface area is 155 Å². The maximum Gasteiger partial charge on any atom is 0.336 e. The number of fused-ring (bicyclic) bond motifs is 1. The highest BCUT2D eigenvalue weighted by atomic mass is 16.4. The molecule has 0 aliphatic heterocycles. The van der Waals surface area contributed by atoms with Crippen LogP contribution in [0.1, 0.15) is 57.2 Å². The second-order valence-electron chi connectivity index (χ2n) is 7.48. The van der Waals surface area contributed by atoms with Crippen molar-refractivity contribution in [2.45, 2.75) is 60.0 Å². The topological polar surface area (TPSA) is 62.6 Å². The second-order valence-corrected chi connectivity index (χ2v) is 7.48. The first kappa shape index (κ1) is 20.2.